The zero-order valence-electron chi connectivity index (χ0n) is 24.5. The van der Waals surface area contributed by atoms with Crippen LogP contribution >= 0.6 is 23.2 Å². The molecule has 12 heteroatoms. The van der Waals surface area contributed by atoms with Crippen LogP contribution in [0.25, 0.3) is 11.1 Å². The van der Waals surface area contributed by atoms with Gasteiger partial charge in [-0.3, -0.25) is 19.3 Å². The lowest BCUT2D eigenvalue weighted by molar-refractivity contribution is -0.118. The lowest BCUT2D eigenvalue weighted by Crippen LogP contribution is -2.34. The van der Waals surface area contributed by atoms with E-state index in [2.05, 4.69) is 24.9 Å². The molecule has 0 radical (unpaired) electrons. The minimum absolute atomic E-state index is 0.148. The summed E-state index contributed by atoms with van der Waals surface area (Å²) < 4.78 is 17.9. The number of hydrogen-bond acceptors (Lipinski definition) is 6. The quantitative estimate of drug-likeness (QED) is 0.209. The number of amides is 3. The number of benzene rings is 3. The standard InChI is InChI=1S/C33H31Cl2N5O4S/c1-45(44,39-31(41)21-40-17-5-2-6-18-40)29-8-4-3-7-26(29)22-9-11-23(12-10-22)32(42)37-28-15-13-24(34)19-27(28)33(43)38-30-16-14-25(35)20-36-30/h3-4,7-16,19-20H,2,5-6,17-18,21H2,1H3,(H,37,42)(H,36,38,43). The molecule has 1 saturated heterocycles. The molecular weight excluding hydrogens is 633 g/mol. The highest BCUT2D eigenvalue weighted by atomic mass is 35.5. The van der Waals surface area contributed by atoms with Crippen molar-refractivity contribution in [2.75, 3.05) is 36.5 Å². The molecule has 9 nitrogen and oxygen atoms in total. The summed E-state index contributed by atoms with van der Waals surface area (Å²) in [6, 6.07) is 21.5. The number of rotatable bonds is 8. The summed E-state index contributed by atoms with van der Waals surface area (Å²) in [4.78, 5) is 45.5. The van der Waals surface area contributed by atoms with E-state index in [-0.39, 0.29) is 23.6 Å². The van der Waals surface area contributed by atoms with Gasteiger partial charge in [-0.15, -0.1) is 0 Å². The van der Waals surface area contributed by atoms with Crippen LogP contribution in [0.5, 0.6) is 0 Å². The summed E-state index contributed by atoms with van der Waals surface area (Å²) in [5, 5.41) is 6.19. The minimum atomic E-state index is -3.04. The minimum Gasteiger partial charge on any atom is -0.321 e. The molecule has 2 N–H and O–H groups in total. The first-order chi connectivity index (χ1) is 21.6. The van der Waals surface area contributed by atoms with E-state index in [1.54, 1.807) is 60.7 Å². The summed E-state index contributed by atoms with van der Waals surface area (Å²) in [7, 11) is -3.04. The lowest BCUT2D eigenvalue weighted by atomic mass is 10.0. The Morgan fingerprint density at radius 3 is 2.29 bits per heavy atom. The fraction of sp³-hybridized carbons (Fsp3) is 0.212. The second-order valence-corrected chi connectivity index (χ2v) is 13.8. The smallest absolute Gasteiger partial charge is 0.268 e. The van der Waals surface area contributed by atoms with Crippen molar-refractivity contribution in [1.82, 2.24) is 9.88 Å². The van der Waals surface area contributed by atoms with E-state index in [1.807, 2.05) is 12.1 Å². The molecule has 1 aromatic heterocycles. The van der Waals surface area contributed by atoms with Gasteiger partial charge in [-0.1, -0.05) is 60.0 Å². The van der Waals surface area contributed by atoms with Gasteiger partial charge >= 0.3 is 0 Å². The van der Waals surface area contributed by atoms with Crippen LogP contribution in [0.1, 0.15) is 40.0 Å². The van der Waals surface area contributed by atoms with Crippen LogP contribution < -0.4 is 10.6 Å². The maximum atomic E-state index is 13.7. The van der Waals surface area contributed by atoms with Crippen molar-refractivity contribution in [2.45, 2.75) is 24.2 Å². The van der Waals surface area contributed by atoms with Gasteiger partial charge in [0.15, 0.2) is 0 Å². The maximum absolute atomic E-state index is 13.7. The predicted octanol–water partition coefficient (Wildman–Crippen LogP) is 7.03. The number of nitrogens with one attached hydrogen (secondary N) is 2. The lowest BCUT2D eigenvalue weighted by Gasteiger charge is -2.24. The summed E-state index contributed by atoms with van der Waals surface area (Å²) in [6.07, 6.45) is 6.13. The van der Waals surface area contributed by atoms with Gasteiger partial charge in [-0.05, 0) is 85.6 Å². The first kappa shape index (κ1) is 32.3. The Morgan fingerprint density at radius 1 is 0.867 bits per heavy atom. The number of carbonyl (C=O) groups excluding carboxylic acids is 3. The van der Waals surface area contributed by atoms with Crippen LogP contribution in [0.15, 0.2) is 94.3 Å². The van der Waals surface area contributed by atoms with Crippen LogP contribution in [0.3, 0.4) is 0 Å². The zero-order valence-corrected chi connectivity index (χ0v) is 26.8. The fourth-order valence-corrected chi connectivity index (χ4v) is 6.81. The van der Waals surface area contributed by atoms with Crippen LogP contribution in [0.4, 0.5) is 11.5 Å². The molecule has 1 aliphatic heterocycles. The van der Waals surface area contributed by atoms with Crippen LogP contribution in [-0.2, 0) is 14.5 Å². The molecule has 45 heavy (non-hydrogen) atoms. The van der Waals surface area contributed by atoms with E-state index in [4.69, 9.17) is 23.2 Å². The van der Waals surface area contributed by atoms with Crippen molar-refractivity contribution in [3.05, 3.63) is 106 Å². The molecule has 232 valence electrons. The molecule has 1 fully saturated rings. The summed E-state index contributed by atoms with van der Waals surface area (Å²) in [5.41, 5.74) is 2.09. The van der Waals surface area contributed by atoms with E-state index in [0.717, 1.165) is 32.4 Å². The molecule has 0 saturated carbocycles. The molecule has 0 bridgehead atoms. The fourth-order valence-electron chi connectivity index (χ4n) is 5.06. The number of hydrogen-bond donors (Lipinski definition) is 2. The molecule has 3 amide bonds. The third-order valence-electron chi connectivity index (χ3n) is 7.28. The number of anilines is 2. The van der Waals surface area contributed by atoms with E-state index in [0.29, 0.717) is 31.6 Å². The van der Waals surface area contributed by atoms with E-state index < -0.39 is 27.5 Å². The maximum Gasteiger partial charge on any atom is 0.268 e. The van der Waals surface area contributed by atoms with E-state index in [1.165, 1.54) is 18.5 Å². The van der Waals surface area contributed by atoms with Gasteiger partial charge < -0.3 is 10.6 Å². The third kappa shape index (κ3) is 8.34. The van der Waals surface area contributed by atoms with Crippen molar-refractivity contribution in [3.63, 3.8) is 0 Å². The highest BCUT2D eigenvalue weighted by molar-refractivity contribution is 7.93. The van der Waals surface area contributed by atoms with Crippen LogP contribution in [-0.4, -0.2) is 57.7 Å². The van der Waals surface area contributed by atoms with Crippen molar-refractivity contribution in [3.8, 4) is 11.1 Å². The number of carbonyl (C=O) groups is 3. The number of likely N-dealkylation sites (tertiary alicyclic amines) is 1. The molecular formula is C33H31Cl2N5O4S. The highest BCUT2D eigenvalue weighted by Gasteiger charge is 2.19. The van der Waals surface area contributed by atoms with Gasteiger partial charge in [-0.2, -0.15) is 4.36 Å². The monoisotopic (exact) mass is 663 g/mol. The second-order valence-electron chi connectivity index (χ2n) is 10.7. The molecule has 1 unspecified atom stereocenters. The Balaban J connectivity index is 1.33. The number of piperidine rings is 1. The molecule has 1 atom stereocenters. The molecule has 5 rings (SSSR count). The average molecular weight is 665 g/mol. The van der Waals surface area contributed by atoms with Crippen LogP contribution in [0, 0.1) is 0 Å². The topological polar surface area (TPSA) is 121 Å². The molecule has 0 spiro atoms. The van der Waals surface area contributed by atoms with Gasteiger partial charge in [0, 0.05) is 23.0 Å². The first-order valence-corrected chi connectivity index (χ1v) is 17.0. The van der Waals surface area contributed by atoms with Crippen molar-refractivity contribution in [2.24, 2.45) is 4.36 Å². The Hall–Kier alpha value is -4.09. The number of aromatic nitrogens is 1. The van der Waals surface area contributed by atoms with Crippen LogP contribution in [0.2, 0.25) is 10.0 Å². The molecule has 0 aliphatic carbocycles. The van der Waals surface area contributed by atoms with Crippen molar-refractivity contribution >= 4 is 62.2 Å². The second kappa shape index (κ2) is 14.3. The Kier molecular flexibility index (Phi) is 10.3. The van der Waals surface area contributed by atoms with Gasteiger partial charge in [0.1, 0.15) is 5.82 Å². The predicted molar refractivity (Wildman–Crippen MR) is 179 cm³/mol. The molecule has 3 aromatic carbocycles. The highest BCUT2D eigenvalue weighted by Crippen LogP contribution is 2.29. The Bertz CT molecular complexity index is 1850. The van der Waals surface area contributed by atoms with Crippen molar-refractivity contribution < 1.29 is 18.6 Å². The summed E-state index contributed by atoms with van der Waals surface area (Å²) in [6.45, 7) is 1.85. The third-order valence-corrected chi connectivity index (χ3v) is 9.46. The zero-order chi connectivity index (χ0) is 32.0. The first-order valence-electron chi connectivity index (χ1n) is 14.3. The number of nitrogens with zero attached hydrogens (tertiary/aromatic N) is 3. The SMILES string of the molecule is CS(=O)(=NC(=O)CN1CCCCC1)c1ccccc1-c1ccc(C(=O)Nc2ccc(Cl)cc2C(=O)Nc2ccc(Cl)cn2)cc1. The summed E-state index contributed by atoms with van der Waals surface area (Å²) in [5.74, 6) is -1.08. The van der Waals surface area contributed by atoms with E-state index >= 15 is 0 Å². The van der Waals surface area contributed by atoms with Gasteiger partial charge in [0.25, 0.3) is 17.7 Å². The number of pyridine rings is 1. The van der Waals surface area contributed by atoms with Gasteiger partial charge in [0.2, 0.25) is 0 Å². The van der Waals surface area contributed by atoms with E-state index in [9.17, 15) is 18.6 Å². The van der Waals surface area contributed by atoms with Gasteiger partial charge in [0.05, 0.1) is 37.4 Å². The molecule has 1 aliphatic rings. The average Bonchev–Trinajstić information content (AvgIpc) is 3.03. The van der Waals surface area contributed by atoms with Gasteiger partial charge in [-0.25, -0.2) is 9.19 Å². The largest absolute Gasteiger partial charge is 0.321 e. The molecule has 2 heterocycles. The number of halogens is 2. The Morgan fingerprint density at radius 2 is 1.58 bits per heavy atom. The van der Waals surface area contributed by atoms with Crippen molar-refractivity contribution in [1.29, 1.82) is 0 Å². The molecule has 4 aromatic rings. The normalized spacial score (nSPS) is 14.6. The summed E-state index contributed by atoms with van der Waals surface area (Å²) >= 11 is 12.0. The Labute approximate surface area is 272 Å².